The molecule has 2 unspecified atom stereocenters. The lowest BCUT2D eigenvalue weighted by atomic mass is 9.84. The Labute approximate surface area is 359 Å². The minimum atomic E-state index is -1.22. The maximum absolute atomic E-state index is 14.8. The minimum absolute atomic E-state index is 0.0239. The Bertz CT molecular complexity index is 1780. The molecule has 1 aliphatic rings. The SMILES string of the molecule is CCCCCCN(C(=O)C(/C=N/C(=O)C1C[C@H](C)CCN1)[C@@H](C)CC)[C@H](C[C@@H](OC(C)=O)c1nc(C(=O)N[C@@H](Cc2ccc(N)c(F)c2)CC(C)(C)C(=O)O)cs1)C(C)C. The number of carbonyl (C=O) groups is 5. The highest BCUT2D eigenvalue weighted by atomic mass is 32.1. The molecular formula is C45H69FN6O7S. The molecule has 5 N–H and O–H groups in total. The van der Waals surface area contributed by atoms with Crippen LogP contribution in [0.25, 0.3) is 0 Å². The van der Waals surface area contributed by atoms with Gasteiger partial charge in [-0.25, -0.2) is 14.4 Å². The maximum Gasteiger partial charge on any atom is 0.309 e. The summed E-state index contributed by atoms with van der Waals surface area (Å²) in [6.45, 7) is 17.9. The van der Waals surface area contributed by atoms with Crippen LogP contribution in [0.5, 0.6) is 0 Å². The van der Waals surface area contributed by atoms with Crippen molar-refractivity contribution in [3.63, 3.8) is 0 Å². The van der Waals surface area contributed by atoms with E-state index in [1.807, 2.05) is 32.6 Å². The van der Waals surface area contributed by atoms with Gasteiger partial charge in [0.15, 0.2) is 6.10 Å². The average molecular weight is 857 g/mol. The molecule has 1 aliphatic heterocycles. The van der Waals surface area contributed by atoms with Crippen LogP contribution in [0.2, 0.25) is 0 Å². The third-order valence-electron chi connectivity index (χ3n) is 11.6. The molecule has 0 bridgehead atoms. The largest absolute Gasteiger partial charge is 0.481 e. The third kappa shape index (κ3) is 15.0. The minimum Gasteiger partial charge on any atom is -0.481 e. The van der Waals surface area contributed by atoms with Gasteiger partial charge in [0.25, 0.3) is 11.8 Å². The number of rotatable bonds is 23. The molecule has 1 fully saturated rings. The lowest BCUT2D eigenvalue weighted by molar-refractivity contribution is -0.149. The predicted molar refractivity (Wildman–Crippen MR) is 234 cm³/mol. The maximum atomic E-state index is 14.8. The number of aliphatic imine (C=N–C) groups is 1. The van der Waals surface area contributed by atoms with Crippen LogP contribution in [0.1, 0.15) is 147 Å². The van der Waals surface area contributed by atoms with Gasteiger partial charge >= 0.3 is 11.9 Å². The monoisotopic (exact) mass is 856 g/mol. The summed E-state index contributed by atoms with van der Waals surface area (Å²) in [5, 5.41) is 18.0. The van der Waals surface area contributed by atoms with E-state index in [2.05, 4.69) is 34.5 Å². The van der Waals surface area contributed by atoms with Gasteiger partial charge in [0.05, 0.1) is 23.1 Å². The van der Waals surface area contributed by atoms with Crippen LogP contribution in [0, 0.1) is 34.9 Å². The molecule has 13 nitrogen and oxygen atoms in total. The number of aromatic nitrogens is 1. The fourth-order valence-electron chi connectivity index (χ4n) is 7.62. The third-order valence-corrected chi connectivity index (χ3v) is 12.5. The van der Waals surface area contributed by atoms with Crippen LogP contribution in [-0.2, 0) is 30.3 Å². The number of thiazole rings is 1. The highest BCUT2D eigenvalue weighted by Gasteiger charge is 2.37. The predicted octanol–water partition coefficient (Wildman–Crippen LogP) is 7.78. The summed E-state index contributed by atoms with van der Waals surface area (Å²) >= 11 is 1.14. The van der Waals surface area contributed by atoms with Crippen molar-refractivity contribution >= 4 is 52.9 Å². The van der Waals surface area contributed by atoms with Crippen molar-refractivity contribution < 1.29 is 38.2 Å². The lowest BCUT2D eigenvalue weighted by Gasteiger charge is -2.38. The van der Waals surface area contributed by atoms with Crippen LogP contribution in [-0.4, -0.2) is 82.1 Å². The Kier molecular flexibility index (Phi) is 19.8. The number of carboxylic acid groups (broad SMARTS) is 1. The summed E-state index contributed by atoms with van der Waals surface area (Å²) in [5.41, 5.74) is 5.00. The fraction of sp³-hybridized carbons (Fsp3) is 0.667. The summed E-state index contributed by atoms with van der Waals surface area (Å²) in [6.07, 6.45) is 7.13. The molecule has 3 rings (SSSR count). The summed E-state index contributed by atoms with van der Waals surface area (Å²) in [7, 11) is 0. The quantitative estimate of drug-likeness (QED) is 0.0371. The van der Waals surface area contributed by atoms with Crippen LogP contribution in [0.4, 0.5) is 10.1 Å². The number of nitrogens with one attached hydrogen (secondary N) is 2. The van der Waals surface area contributed by atoms with Gasteiger partial charge in [-0.2, -0.15) is 0 Å². The number of hydrogen-bond acceptors (Lipinski definition) is 10. The molecule has 2 heterocycles. The summed E-state index contributed by atoms with van der Waals surface area (Å²) < 4.78 is 20.2. The van der Waals surface area contributed by atoms with Gasteiger partial charge in [-0.3, -0.25) is 24.0 Å². The molecule has 2 aromatic rings. The molecule has 0 saturated carbocycles. The summed E-state index contributed by atoms with van der Waals surface area (Å²) in [6, 6.07) is 2.82. The van der Waals surface area contributed by atoms with E-state index in [0.29, 0.717) is 35.9 Å². The molecule has 0 radical (unpaired) electrons. The number of hydrogen-bond donors (Lipinski definition) is 4. The number of nitrogens with zero attached hydrogens (tertiary/aromatic N) is 3. The molecule has 1 saturated heterocycles. The molecule has 7 atom stereocenters. The van der Waals surface area contributed by atoms with Crippen molar-refractivity contribution in [3.05, 3.63) is 45.7 Å². The topological polar surface area (TPSA) is 193 Å². The van der Waals surface area contributed by atoms with E-state index in [-0.39, 0.29) is 60.3 Å². The van der Waals surface area contributed by atoms with Crippen molar-refractivity contribution in [2.24, 2.45) is 34.1 Å². The van der Waals surface area contributed by atoms with Gasteiger partial charge in [0.1, 0.15) is 16.5 Å². The number of anilines is 1. The van der Waals surface area contributed by atoms with Gasteiger partial charge < -0.3 is 31.1 Å². The zero-order chi connectivity index (χ0) is 44.7. The fourth-order valence-corrected chi connectivity index (χ4v) is 8.46. The second kappa shape index (κ2) is 23.7. The van der Waals surface area contributed by atoms with Gasteiger partial charge in [-0.05, 0) is 87.9 Å². The Balaban J connectivity index is 1.95. The summed E-state index contributed by atoms with van der Waals surface area (Å²) in [5.74, 6) is -3.64. The first-order valence-corrected chi connectivity index (χ1v) is 22.5. The van der Waals surface area contributed by atoms with E-state index in [1.54, 1.807) is 31.5 Å². The van der Waals surface area contributed by atoms with Crippen molar-refractivity contribution in [2.75, 3.05) is 18.8 Å². The number of ether oxygens (including phenoxy) is 1. The number of aliphatic carboxylic acids is 1. The van der Waals surface area contributed by atoms with Crippen LogP contribution in [0.3, 0.4) is 0 Å². The van der Waals surface area contributed by atoms with E-state index in [9.17, 15) is 33.5 Å². The van der Waals surface area contributed by atoms with E-state index in [0.717, 1.165) is 50.0 Å². The van der Waals surface area contributed by atoms with E-state index < -0.39 is 53.2 Å². The highest BCUT2D eigenvalue weighted by molar-refractivity contribution is 7.09. The van der Waals surface area contributed by atoms with Crippen molar-refractivity contribution in [1.29, 1.82) is 0 Å². The Hall–Kier alpha value is -4.24. The number of halogens is 1. The Morgan fingerprint density at radius 2 is 1.88 bits per heavy atom. The smallest absolute Gasteiger partial charge is 0.309 e. The van der Waals surface area contributed by atoms with Crippen molar-refractivity contribution in [2.45, 2.75) is 151 Å². The molecule has 15 heteroatoms. The number of esters is 1. The van der Waals surface area contributed by atoms with Gasteiger partial charge in [-0.1, -0.05) is 73.3 Å². The lowest BCUT2D eigenvalue weighted by Crippen LogP contribution is -2.49. The van der Waals surface area contributed by atoms with E-state index in [1.165, 1.54) is 19.1 Å². The molecular weight excluding hydrogens is 788 g/mol. The first-order chi connectivity index (χ1) is 28.3. The van der Waals surface area contributed by atoms with Gasteiger partial charge in [0.2, 0.25) is 5.91 Å². The van der Waals surface area contributed by atoms with Crippen LogP contribution < -0.4 is 16.4 Å². The number of amides is 3. The average Bonchev–Trinajstić information content (AvgIpc) is 3.68. The number of carbonyl (C=O) groups excluding carboxylic acids is 4. The number of nitrogens with two attached hydrogens (primary N) is 1. The summed E-state index contributed by atoms with van der Waals surface area (Å²) in [4.78, 5) is 77.4. The zero-order valence-corrected chi connectivity index (χ0v) is 37.9. The second-order valence-corrected chi connectivity index (χ2v) is 18.5. The van der Waals surface area contributed by atoms with Crippen LogP contribution in [0.15, 0.2) is 28.6 Å². The van der Waals surface area contributed by atoms with E-state index in [4.69, 9.17) is 10.5 Å². The highest BCUT2D eigenvalue weighted by Crippen LogP contribution is 2.33. The molecule has 0 spiro atoms. The standard InChI is InChI=1S/C45H69FN6O7S/c1-10-12-13-14-19-52(43(56)33(29(6)11-2)25-49-40(54)36-20-28(5)17-18-48-36)38(27(3)4)23-39(59-30(7)53)42-51-37(26-60-42)41(55)50-32(24-45(8,9)44(57)58)21-31-15-16-35(47)34(46)22-31/h15-16,22,25-29,32-33,36,38-39,48H,10-14,17-21,23-24,47H2,1-9H3,(H,50,55)(H,57,58)/b49-25+/t28-,29+,32+,33?,36?,38-,39-/m1/s1. The van der Waals surface area contributed by atoms with Gasteiger partial charge in [0, 0.05) is 43.6 Å². The second-order valence-electron chi connectivity index (χ2n) is 17.6. The Morgan fingerprint density at radius 1 is 1.17 bits per heavy atom. The molecule has 60 heavy (non-hydrogen) atoms. The normalized spacial score (nSPS) is 18.4. The van der Waals surface area contributed by atoms with E-state index >= 15 is 0 Å². The molecule has 1 aromatic heterocycles. The van der Waals surface area contributed by atoms with Crippen LogP contribution >= 0.6 is 11.3 Å². The number of unbranched alkanes of at least 4 members (excludes halogenated alkanes) is 3. The first-order valence-electron chi connectivity index (χ1n) is 21.6. The number of nitrogen functional groups attached to an aromatic ring is 1. The first kappa shape index (κ1) is 50.1. The van der Waals surface area contributed by atoms with Crippen molar-refractivity contribution in [1.82, 2.24) is 20.5 Å². The number of piperidine rings is 1. The van der Waals surface area contributed by atoms with Gasteiger partial charge in [-0.15, -0.1) is 11.3 Å². The van der Waals surface area contributed by atoms with Crippen molar-refractivity contribution in [3.8, 4) is 0 Å². The Morgan fingerprint density at radius 3 is 2.48 bits per heavy atom. The molecule has 334 valence electrons. The number of carboxylic acids is 1. The molecule has 3 amide bonds. The zero-order valence-electron chi connectivity index (χ0n) is 37.1. The molecule has 1 aromatic carbocycles. The molecule has 0 aliphatic carbocycles. The number of benzene rings is 1.